The Kier molecular flexibility index (Phi) is 5.85. The van der Waals surface area contributed by atoms with Gasteiger partial charge in [-0.2, -0.15) is 0 Å². The third kappa shape index (κ3) is 4.75. The van der Waals surface area contributed by atoms with E-state index in [-0.39, 0.29) is 0 Å². The Morgan fingerprint density at radius 3 is 2.50 bits per heavy atom. The SMILES string of the molecule is Cc1cccc(S(=O)(=O)NCC2CCN(Cc3cc(C)oc3C)CC2)c1. The van der Waals surface area contributed by atoms with Gasteiger partial charge in [0.2, 0.25) is 10.0 Å². The molecule has 1 aromatic carbocycles. The Morgan fingerprint density at radius 1 is 1.15 bits per heavy atom. The predicted molar refractivity (Wildman–Crippen MR) is 103 cm³/mol. The summed E-state index contributed by atoms with van der Waals surface area (Å²) < 4.78 is 33.3. The summed E-state index contributed by atoms with van der Waals surface area (Å²) in [4.78, 5) is 2.77. The summed E-state index contributed by atoms with van der Waals surface area (Å²) in [5, 5.41) is 0. The summed E-state index contributed by atoms with van der Waals surface area (Å²) in [7, 11) is -3.42. The number of aryl methyl sites for hydroxylation is 3. The van der Waals surface area contributed by atoms with Gasteiger partial charge in [-0.1, -0.05) is 12.1 Å². The highest BCUT2D eigenvalue weighted by Gasteiger charge is 2.22. The highest BCUT2D eigenvalue weighted by atomic mass is 32.2. The molecule has 1 aromatic heterocycles. The van der Waals surface area contributed by atoms with Crippen LogP contribution in [0, 0.1) is 26.7 Å². The van der Waals surface area contributed by atoms with Gasteiger partial charge in [0, 0.05) is 18.7 Å². The summed E-state index contributed by atoms with van der Waals surface area (Å²) in [6.45, 7) is 9.27. The lowest BCUT2D eigenvalue weighted by molar-refractivity contribution is 0.178. The average Bonchev–Trinajstić information content (AvgIpc) is 2.91. The van der Waals surface area contributed by atoms with E-state index in [1.807, 2.05) is 26.8 Å². The normalized spacial score (nSPS) is 16.9. The third-order valence-corrected chi connectivity index (χ3v) is 6.53. The van der Waals surface area contributed by atoms with Gasteiger partial charge in [-0.3, -0.25) is 4.90 Å². The second-order valence-corrected chi connectivity index (χ2v) is 9.09. The molecular formula is C20H28N2O3S. The van der Waals surface area contributed by atoms with Gasteiger partial charge in [-0.05, 0) is 76.4 Å². The minimum atomic E-state index is -3.42. The van der Waals surface area contributed by atoms with Crippen LogP contribution in [-0.2, 0) is 16.6 Å². The molecule has 0 bridgehead atoms. The molecule has 0 atom stereocenters. The van der Waals surface area contributed by atoms with E-state index in [4.69, 9.17) is 4.42 Å². The molecule has 0 unspecified atom stereocenters. The predicted octanol–water partition coefficient (Wildman–Crippen LogP) is 3.40. The lowest BCUT2D eigenvalue weighted by Gasteiger charge is -2.31. The zero-order chi connectivity index (χ0) is 18.7. The first-order valence-electron chi connectivity index (χ1n) is 9.18. The van der Waals surface area contributed by atoms with Crippen LogP contribution in [0.1, 0.15) is 35.5 Å². The standard InChI is InChI=1S/C20H28N2O3S/c1-15-5-4-6-20(11-15)26(23,24)21-13-18-7-9-22(10-8-18)14-19-12-16(2)25-17(19)3/h4-6,11-12,18,21H,7-10,13-14H2,1-3H3. The van der Waals surface area contributed by atoms with Crippen molar-refractivity contribution in [2.75, 3.05) is 19.6 Å². The second kappa shape index (κ2) is 7.94. The molecule has 0 radical (unpaired) electrons. The van der Waals surface area contributed by atoms with Gasteiger partial charge in [0.25, 0.3) is 0 Å². The molecule has 0 saturated carbocycles. The first kappa shape index (κ1) is 19.1. The minimum Gasteiger partial charge on any atom is -0.466 e. The van der Waals surface area contributed by atoms with Crippen LogP contribution in [0.25, 0.3) is 0 Å². The van der Waals surface area contributed by atoms with Crippen molar-refractivity contribution < 1.29 is 12.8 Å². The maximum absolute atomic E-state index is 12.4. The lowest BCUT2D eigenvalue weighted by Crippen LogP contribution is -2.38. The Morgan fingerprint density at radius 2 is 1.88 bits per heavy atom. The molecule has 6 heteroatoms. The van der Waals surface area contributed by atoms with Crippen molar-refractivity contribution in [2.45, 2.75) is 45.1 Å². The van der Waals surface area contributed by atoms with Crippen LogP contribution >= 0.6 is 0 Å². The zero-order valence-corrected chi connectivity index (χ0v) is 16.6. The molecule has 3 rings (SSSR count). The third-order valence-electron chi connectivity index (χ3n) is 5.11. The van der Waals surface area contributed by atoms with E-state index < -0.39 is 10.0 Å². The fraction of sp³-hybridized carbons (Fsp3) is 0.500. The molecule has 2 aromatic rings. The molecular weight excluding hydrogens is 348 g/mol. The quantitative estimate of drug-likeness (QED) is 0.839. The van der Waals surface area contributed by atoms with Crippen molar-refractivity contribution in [1.82, 2.24) is 9.62 Å². The molecule has 5 nitrogen and oxygen atoms in total. The molecule has 1 aliphatic rings. The minimum absolute atomic E-state index is 0.348. The fourth-order valence-corrected chi connectivity index (χ4v) is 4.74. The second-order valence-electron chi connectivity index (χ2n) is 7.33. The smallest absolute Gasteiger partial charge is 0.240 e. The van der Waals surface area contributed by atoms with Gasteiger partial charge in [-0.25, -0.2) is 13.1 Å². The number of hydrogen-bond donors (Lipinski definition) is 1. The topological polar surface area (TPSA) is 62.6 Å². The van der Waals surface area contributed by atoms with E-state index in [1.165, 1.54) is 5.56 Å². The van der Waals surface area contributed by atoms with Crippen molar-refractivity contribution in [2.24, 2.45) is 5.92 Å². The van der Waals surface area contributed by atoms with Crippen molar-refractivity contribution in [3.05, 3.63) is 53.0 Å². The van der Waals surface area contributed by atoms with Crippen LogP contribution in [0.4, 0.5) is 0 Å². The Labute approximate surface area is 156 Å². The largest absolute Gasteiger partial charge is 0.466 e. The van der Waals surface area contributed by atoms with Crippen LogP contribution in [0.15, 0.2) is 39.6 Å². The molecule has 142 valence electrons. The molecule has 2 heterocycles. The van der Waals surface area contributed by atoms with Gasteiger partial charge < -0.3 is 4.42 Å². The number of likely N-dealkylation sites (tertiary alicyclic amines) is 1. The van der Waals surface area contributed by atoms with Gasteiger partial charge in [0.1, 0.15) is 11.5 Å². The summed E-state index contributed by atoms with van der Waals surface area (Å²) in [5.74, 6) is 2.34. The molecule has 0 amide bonds. The first-order chi connectivity index (χ1) is 12.3. The molecule has 1 N–H and O–H groups in total. The van der Waals surface area contributed by atoms with Gasteiger partial charge in [0.15, 0.2) is 0 Å². The van der Waals surface area contributed by atoms with Gasteiger partial charge >= 0.3 is 0 Å². The highest BCUT2D eigenvalue weighted by molar-refractivity contribution is 7.89. The number of piperidine rings is 1. The van der Waals surface area contributed by atoms with Crippen LogP contribution in [0.2, 0.25) is 0 Å². The van der Waals surface area contributed by atoms with Crippen molar-refractivity contribution in [3.63, 3.8) is 0 Å². The molecule has 0 spiro atoms. The monoisotopic (exact) mass is 376 g/mol. The number of sulfonamides is 1. The number of nitrogens with one attached hydrogen (secondary N) is 1. The van der Waals surface area contributed by atoms with Gasteiger partial charge in [-0.15, -0.1) is 0 Å². The van der Waals surface area contributed by atoms with Crippen LogP contribution in [0.3, 0.4) is 0 Å². The van der Waals surface area contributed by atoms with E-state index >= 15 is 0 Å². The Bertz CT molecular complexity index is 850. The van der Waals surface area contributed by atoms with E-state index in [1.54, 1.807) is 18.2 Å². The van der Waals surface area contributed by atoms with E-state index in [0.29, 0.717) is 17.4 Å². The Balaban J connectivity index is 1.49. The molecule has 0 aliphatic carbocycles. The molecule has 1 aliphatic heterocycles. The summed E-state index contributed by atoms with van der Waals surface area (Å²) in [6, 6.07) is 9.14. The van der Waals surface area contributed by atoms with Crippen LogP contribution in [-0.4, -0.2) is 33.0 Å². The highest BCUT2D eigenvalue weighted by Crippen LogP contribution is 2.22. The fourth-order valence-electron chi connectivity index (χ4n) is 3.52. The number of rotatable bonds is 6. The summed E-state index contributed by atoms with van der Waals surface area (Å²) >= 11 is 0. The lowest BCUT2D eigenvalue weighted by atomic mass is 9.97. The molecule has 1 saturated heterocycles. The number of nitrogens with zero attached hydrogens (tertiary/aromatic N) is 1. The van der Waals surface area contributed by atoms with Crippen LogP contribution < -0.4 is 4.72 Å². The number of furan rings is 1. The van der Waals surface area contributed by atoms with Crippen molar-refractivity contribution in [3.8, 4) is 0 Å². The van der Waals surface area contributed by atoms with Crippen molar-refractivity contribution >= 4 is 10.0 Å². The maximum Gasteiger partial charge on any atom is 0.240 e. The first-order valence-corrected chi connectivity index (χ1v) is 10.7. The Hall–Kier alpha value is -1.63. The number of hydrogen-bond acceptors (Lipinski definition) is 4. The van der Waals surface area contributed by atoms with Gasteiger partial charge in [0.05, 0.1) is 4.90 Å². The summed E-state index contributed by atoms with van der Waals surface area (Å²) in [6.07, 6.45) is 2.01. The average molecular weight is 377 g/mol. The molecule has 1 fully saturated rings. The number of benzene rings is 1. The van der Waals surface area contributed by atoms with Crippen molar-refractivity contribution in [1.29, 1.82) is 0 Å². The molecule has 26 heavy (non-hydrogen) atoms. The summed E-state index contributed by atoms with van der Waals surface area (Å²) in [5.41, 5.74) is 2.20. The maximum atomic E-state index is 12.4. The van der Waals surface area contributed by atoms with E-state index in [2.05, 4.69) is 15.7 Å². The van der Waals surface area contributed by atoms with E-state index in [9.17, 15) is 8.42 Å². The van der Waals surface area contributed by atoms with E-state index in [0.717, 1.165) is 49.6 Å². The zero-order valence-electron chi connectivity index (χ0n) is 15.8. The van der Waals surface area contributed by atoms with Crippen LogP contribution in [0.5, 0.6) is 0 Å².